The van der Waals surface area contributed by atoms with Crippen molar-refractivity contribution in [2.24, 2.45) is 0 Å². The monoisotopic (exact) mass is 259 g/mol. The van der Waals surface area contributed by atoms with Crippen molar-refractivity contribution in [1.82, 2.24) is 24.9 Å². The smallest absolute Gasteiger partial charge is 0.160 e. The van der Waals surface area contributed by atoms with E-state index in [0.717, 1.165) is 16.5 Å². The van der Waals surface area contributed by atoms with Gasteiger partial charge < -0.3 is 5.32 Å². The summed E-state index contributed by atoms with van der Waals surface area (Å²) < 4.78 is 1.99. The van der Waals surface area contributed by atoms with Gasteiger partial charge in [0.05, 0.1) is 12.6 Å². The maximum Gasteiger partial charge on any atom is 0.160 e. The molecule has 0 saturated heterocycles. The zero-order valence-corrected chi connectivity index (χ0v) is 10.8. The van der Waals surface area contributed by atoms with Crippen LogP contribution >= 0.6 is 11.3 Å². The van der Waals surface area contributed by atoms with Gasteiger partial charge in [-0.3, -0.25) is 4.40 Å². The first-order valence-electron chi connectivity index (χ1n) is 5.76. The van der Waals surface area contributed by atoms with Gasteiger partial charge in [-0.05, 0) is 19.1 Å². The summed E-state index contributed by atoms with van der Waals surface area (Å²) in [6.45, 7) is 2.77. The van der Waals surface area contributed by atoms with E-state index in [0.29, 0.717) is 6.54 Å². The van der Waals surface area contributed by atoms with Crippen LogP contribution in [-0.2, 0) is 6.54 Å². The van der Waals surface area contributed by atoms with Crippen LogP contribution in [0.1, 0.15) is 23.8 Å². The zero-order chi connectivity index (χ0) is 12.4. The Hall–Kier alpha value is -1.79. The lowest BCUT2D eigenvalue weighted by atomic mass is 10.3. The van der Waals surface area contributed by atoms with Crippen LogP contribution in [0, 0.1) is 0 Å². The van der Waals surface area contributed by atoms with Crippen LogP contribution in [0.5, 0.6) is 0 Å². The fraction of sp³-hybridized carbons (Fsp3) is 0.250. The van der Waals surface area contributed by atoms with Gasteiger partial charge in [-0.25, -0.2) is 4.98 Å². The molecule has 3 heterocycles. The Morgan fingerprint density at radius 2 is 2.33 bits per heavy atom. The van der Waals surface area contributed by atoms with Gasteiger partial charge >= 0.3 is 0 Å². The Bertz CT molecular complexity index is 631. The van der Waals surface area contributed by atoms with E-state index in [1.165, 1.54) is 0 Å². The SMILES string of the molecule is CC(NCc1nnc2ccccn12)c1nccs1. The molecule has 0 fully saturated rings. The molecule has 18 heavy (non-hydrogen) atoms. The lowest BCUT2D eigenvalue weighted by Gasteiger charge is -2.09. The van der Waals surface area contributed by atoms with Gasteiger partial charge in [-0.15, -0.1) is 21.5 Å². The minimum absolute atomic E-state index is 0.223. The quantitative estimate of drug-likeness (QED) is 0.779. The molecular weight excluding hydrogens is 246 g/mol. The predicted octanol–water partition coefficient (Wildman–Crippen LogP) is 2.04. The second-order valence-electron chi connectivity index (χ2n) is 4.02. The topological polar surface area (TPSA) is 55.1 Å². The number of aromatic nitrogens is 4. The molecule has 3 aromatic rings. The summed E-state index contributed by atoms with van der Waals surface area (Å²) in [7, 11) is 0. The van der Waals surface area contributed by atoms with Gasteiger partial charge in [0.1, 0.15) is 5.01 Å². The maximum atomic E-state index is 4.29. The van der Waals surface area contributed by atoms with Crippen molar-refractivity contribution in [3.8, 4) is 0 Å². The normalized spacial score (nSPS) is 12.9. The average Bonchev–Trinajstić information content (AvgIpc) is 3.06. The Morgan fingerprint density at radius 3 is 3.17 bits per heavy atom. The average molecular weight is 259 g/mol. The van der Waals surface area contributed by atoms with Crippen molar-refractivity contribution in [3.63, 3.8) is 0 Å². The largest absolute Gasteiger partial charge is 0.301 e. The van der Waals surface area contributed by atoms with E-state index in [4.69, 9.17) is 0 Å². The fourth-order valence-corrected chi connectivity index (χ4v) is 2.46. The highest BCUT2D eigenvalue weighted by molar-refractivity contribution is 7.09. The minimum Gasteiger partial charge on any atom is -0.301 e. The molecule has 6 heteroatoms. The highest BCUT2D eigenvalue weighted by Crippen LogP contribution is 2.15. The van der Waals surface area contributed by atoms with Gasteiger partial charge in [0, 0.05) is 17.8 Å². The highest BCUT2D eigenvalue weighted by atomic mass is 32.1. The summed E-state index contributed by atoms with van der Waals surface area (Å²) in [4.78, 5) is 4.29. The summed E-state index contributed by atoms with van der Waals surface area (Å²) in [5.41, 5.74) is 0.871. The van der Waals surface area contributed by atoms with Crippen LogP contribution in [0.15, 0.2) is 36.0 Å². The fourth-order valence-electron chi connectivity index (χ4n) is 1.79. The van der Waals surface area contributed by atoms with Gasteiger partial charge in [0.15, 0.2) is 11.5 Å². The van der Waals surface area contributed by atoms with Crippen molar-refractivity contribution in [2.75, 3.05) is 0 Å². The van der Waals surface area contributed by atoms with Crippen LogP contribution in [0.3, 0.4) is 0 Å². The first kappa shape index (κ1) is 11.3. The van der Waals surface area contributed by atoms with E-state index < -0.39 is 0 Å². The number of fused-ring (bicyclic) bond motifs is 1. The minimum atomic E-state index is 0.223. The molecule has 0 amide bonds. The van der Waals surface area contributed by atoms with E-state index in [1.807, 2.05) is 40.4 Å². The Balaban J connectivity index is 1.73. The molecule has 1 atom stereocenters. The van der Waals surface area contributed by atoms with Crippen LogP contribution in [-0.4, -0.2) is 19.6 Å². The summed E-state index contributed by atoms with van der Waals surface area (Å²) in [6, 6.07) is 6.10. The third-order valence-corrected chi connectivity index (χ3v) is 3.73. The van der Waals surface area contributed by atoms with Gasteiger partial charge in [0.2, 0.25) is 0 Å². The van der Waals surface area contributed by atoms with Crippen molar-refractivity contribution in [2.45, 2.75) is 19.5 Å². The Labute approximate surface area is 109 Å². The van der Waals surface area contributed by atoms with Crippen LogP contribution in [0.25, 0.3) is 5.65 Å². The highest BCUT2D eigenvalue weighted by Gasteiger charge is 2.09. The summed E-state index contributed by atoms with van der Waals surface area (Å²) in [6.07, 6.45) is 3.80. The molecule has 5 nitrogen and oxygen atoms in total. The zero-order valence-electron chi connectivity index (χ0n) is 9.95. The summed E-state index contributed by atoms with van der Waals surface area (Å²) in [5, 5.41) is 14.8. The predicted molar refractivity (Wildman–Crippen MR) is 70.4 cm³/mol. The van der Waals surface area contributed by atoms with Crippen molar-refractivity contribution in [3.05, 3.63) is 46.8 Å². The maximum absolute atomic E-state index is 4.29. The molecule has 1 N–H and O–H groups in total. The van der Waals surface area contributed by atoms with E-state index in [-0.39, 0.29) is 6.04 Å². The van der Waals surface area contributed by atoms with Crippen molar-refractivity contribution >= 4 is 17.0 Å². The molecule has 3 aromatic heterocycles. The summed E-state index contributed by atoms with van der Waals surface area (Å²) >= 11 is 1.66. The number of thiazole rings is 1. The van der Waals surface area contributed by atoms with E-state index in [2.05, 4.69) is 27.4 Å². The van der Waals surface area contributed by atoms with Gasteiger partial charge in [-0.2, -0.15) is 0 Å². The molecule has 0 aliphatic heterocycles. The summed E-state index contributed by atoms with van der Waals surface area (Å²) in [5.74, 6) is 0.911. The van der Waals surface area contributed by atoms with Crippen LogP contribution in [0.2, 0.25) is 0 Å². The number of nitrogens with one attached hydrogen (secondary N) is 1. The molecule has 0 aliphatic carbocycles. The lowest BCUT2D eigenvalue weighted by molar-refractivity contribution is 0.554. The standard InChI is InChI=1S/C12H13N5S/c1-9(12-13-5-7-18-12)14-8-11-16-15-10-4-2-3-6-17(10)11/h2-7,9,14H,8H2,1H3. The molecule has 0 radical (unpaired) electrons. The first-order chi connectivity index (χ1) is 8.84. The molecular formula is C12H13N5S. The van der Waals surface area contributed by atoms with E-state index in [9.17, 15) is 0 Å². The number of pyridine rings is 1. The molecule has 1 unspecified atom stereocenters. The Kier molecular flexibility index (Phi) is 3.04. The third-order valence-electron chi connectivity index (χ3n) is 2.77. The van der Waals surface area contributed by atoms with Gasteiger partial charge in [0.25, 0.3) is 0 Å². The molecule has 3 rings (SSSR count). The molecule has 0 aliphatic rings. The second kappa shape index (κ2) is 4.83. The number of nitrogens with zero attached hydrogens (tertiary/aromatic N) is 4. The van der Waals surface area contributed by atoms with Crippen molar-refractivity contribution < 1.29 is 0 Å². The van der Waals surface area contributed by atoms with E-state index in [1.54, 1.807) is 11.3 Å². The Morgan fingerprint density at radius 1 is 1.39 bits per heavy atom. The molecule has 0 spiro atoms. The number of rotatable bonds is 4. The molecule has 0 bridgehead atoms. The number of hydrogen-bond acceptors (Lipinski definition) is 5. The van der Waals surface area contributed by atoms with Gasteiger partial charge in [-0.1, -0.05) is 6.07 Å². The molecule has 92 valence electrons. The lowest BCUT2D eigenvalue weighted by Crippen LogP contribution is -2.19. The van der Waals surface area contributed by atoms with Crippen LogP contribution < -0.4 is 5.32 Å². The molecule has 0 saturated carbocycles. The van der Waals surface area contributed by atoms with E-state index >= 15 is 0 Å². The number of hydrogen-bond donors (Lipinski definition) is 1. The first-order valence-corrected chi connectivity index (χ1v) is 6.64. The van der Waals surface area contributed by atoms with Crippen LogP contribution in [0.4, 0.5) is 0 Å². The van der Waals surface area contributed by atoms with Crippen molar-refractivity contribution in [1.29, 1.82) is 0 Å². The third kappa shape index (κ3) is 2.12. The second-order valence-corrected chi connectivity index (χ2v) is 4.94. The molecule has 0 aromatic carbocycles.